The van der Waals surface area contributed by atoms with Crippen LogP contribution in [0.1, 0.15) is 30.5 Å². The Balaban J connectivity index is 2.60. The smallest absolute Gasteiger partial charge is 0.382 e. The van der Waals surface area contributed by atoms with Crippen LogP contribution in [0.25, 0.3) is 0 Å². The highest BCUT2D eigenvalue weighted by atomic mass is 19.4. The number of hydrogen-bond acceptors (Lipinski definition) is 2. The second kappa shape index (κ2) is 6.20. The first-order valence-electron chi connectivity index (χ1n) is 5.89. The second-order valence-corrected chi connectivity index (χ2v) is 4.34. The van der Waals surface area contributed by atoms with Crippen molar-refractivity contribution in [3.63, 3.8) is 0 Å². The minimum Gasteiger partial charge on any atom is -0.382 e. The Bertz CT molecular complexity index is 361. The number of rotatable bonds is 5. The van der Waals surface area contributed by atoms with Gasteiger partial charge in [0.2, 0.25) is 0 Å². The van der Waals surface area contributed by atoms with Crippen molar-refractivity contribution in [2.45, 2.75) is 38.6 Å². The Morgan fingerprint density at radius 3 is 2.22 bits per heavy atom. The van der Waals surface area contributed by atoms with Crippen LogP contribution in [-0.4, -0.2) is 23.9 Å². The molecule has 1 aromatic carbocycles. The fourth-order valence-corrected chi connectivity index (χ4v) is 1.67. The fourth-order valence-electron chi connectivity index (χ4n) is 1.67. The van der Waals surface area contributed by atoms with Crippen molar-refractivity contribution in [3.05, 3.63) is 35.4 Å². The van der Waals surface area contributed by atoms with E-state index in [4.69, 9.17) is 5.11 Å². The molecule has 102 valence electrons. The van der Waals surface area contributed by atoms with Crippen molar-refractivity contribution in [1.82, 2.24) is 5.32 Å². The number of aliphatic hydroxyl groups is 1. The van der Waals surface area contributed by atoms with Gasteiger partial charge in [0.25, 0.3) is 0 Å². The third-order valence-electron chi connectivity index (χ3n) is 2.82. The molecular formula is C13H18F3NO. The van der Waals surface area contributed by atoms with Crippen LogP contribution in [0, 0.1) is 6.92 Å². The lowest BCUT2D eigenvalue weighted by atomic mass is 10.0. The third kappa shape index (κ3) is 4.31. The van der Waals surface area contributed by atoms with Gasteiger partial charge in [0, 0.05) is 12.6 Å². The summed E-state index contributed by atoms with van der Waals surface area (Å²) in [6.07, 6.45) is -6.23. The van der Waals surface area contributed by atoms with E-state index in [1.54, 1.807) is 0 Å². The molecule has 0 aliphatic heterocycles. The molecule has 0 aromatic heterocycles. The van der Waals surface area contributed by atoms with Gasteiger partial charge in [0.1, 0.15) is 0 Å². The van der Waals surface area contributed by atoms with Gasteiger partial charge in [-0.1, -0.05) is 36.8 Å². The molecule has 2 N–H and O–H groups in total. The van der Waals surface area contributed by atoms with E-state index in [1.165, 1.54) is 0 Å². The van der Waals surface area contributed by atoms with Crippen molar-refractivity contribution in [1.29, 1.82) is 0 Å². The summed E-state index contributed by atoms with van der Waals surface area (Å²) in [5, 5.41) is 11.7. The fraction of sp³-hybridized carbons (Fsp3) is 0.538. The first-order chi connectivity index (χ1) is 8.34. The van der Waals surface area contributed by atoms with Gasteiger partial charge in [-0.15, -0.1) is 0 Å². The lowest BCUT2D eigenvalue weighted by molar-refractivity contribution is -0.202. The van der Waals surface area contributed by atoms with Crippen LogP contribution in [0.3, 0.4) is 0 Å². The minimum absolute atomic E-state index is 0.178. The van der Waals surface area contributed by atoms with Gasteiger partial charge < -0.3 is 10.4 Å². The van der Waals surface area contributed by atoms with Crippen LogP contribution < -0.4 is 5.32 Å². The largest absolute Gasteiger partial charge is 0.415 e. The molecule has 0 radical (unpaired) electrons. The maximum absolute atomic E-state index is 12.2. The number of aryl methyl sites for hydroxylation is 1. The monoisotopic (exact) mass is 261 g/mol. The average Bonchev–Trinajstić information content (AvgIpc) is 2.30. The molecule has 0 heterocycles. The highest BCUT2D eigenvalue weighted by Crippen LogP contribution is 2.21. The van der Waals surface area contributed by atoms with Gasteiger partial charge in [0.05, 0.1) is 0 Å². The van der Waals surface area contributed by atoms with Crippen molar-refractivity contribution in [2.24, 2.45) is 0 Å². The van der Waals surface area contributed by atoms with Crippen LogP contribution in [0.5, 0.6) is 0 Å². The summed E-state index contributed by atoms with van der Waals surface area (Å²) >= 11 is 0. The van der Waals surface area contributed by atoms with E-state index < -0.39 is 18.8 Å². The maximum Gasteiger partial charge on any atom is 0.415 e. The van der Waals surface area contributed by atoms with Crippen LogP contribution in [-0.2, 0) is 0 Å². The van der Waals surface area contributed by atoms with E-state index >= 15 is 0 Å². The third-order valence-corrected chi connectivity index (χ3v) is 2.82. The highest BCUT2D eigenvalue weighted by Gasteiger charge is 2.38. The van der Waals surface area contributed by atoms with Gasteiger partial charge in [-0.2, -0.15) is 13.2 Å². The molecule has 0 fully saturated rings. The Morgan fingerprint density at radius 1 is 1.22 bits per heavy atom. The summed E-state index contributed by atoms with van der Waals surface area (Å²) in [5.74, 6) is 0. The Hall–Kier alpha value is -1.07. The lowest BCUT2D eigenvalue weighted by Crippen LogP contribution is -2.39. The van der Waals surface area contributed by atoms with Crippen molar-refractivity contribution >= 4 is 0 Å². The van der Waals surface area contributed by atoms with Gasteiger partial charge in [-0.3, -0.25) is 0 Å². The Kier molecular flexibility index (Phi) is 5.16. The van der Waals surface area contributed by atoms with Crippen molar-refractivity contribution in [2.75, 3.05) is 6.54 Å². The van der Waals surface area contributed by atoms with Crippen LogP contribution >= 0.6 is 0 Å². The number of aliphatic hydroxyl groups excluding tert-OH is 1. The summed E-state index contributed by atoms with van der Waals surface area (Å²) < 4.78 is 36.5. The van der Waals surface area contributed by atoms with E-state index in [0.29, 0.717) is 6.42 Å². The van der Waals surface area contributed by atoms with Crippen molar-refractivity contribution in [3.8, 4) is 0 Å². The number of halogens is 3. The molecule has 2 nitrogen and oxygen atoms in total. The van der Waals surface area contributed by atoms with E-state index in [-0.39, 0.29) is 6.04 Å². The second-order valence-electron chi connectivity index (χ2n) is 4.34. The molecule has 2 atom stereocenters. The zero-order valence-electron chi connectivity index (χ0n) is 10.5. The molecule has 0 saturated carbocycles. The maximum atomic E-state index is 12.2. The zero-order valence-corrected chi connectivity index (χ0v) is 10.5. The topological polar surface area (TPSA) is 32.3 Å². The van der Waals surface area contributed by atoms with Crippen LogP contribution in [0.2, 0.25) is 0 Å². The van der Waals surface area contributed by atoms with Gasteiger partial charge in [0.15, 0.2) is 6.10 Å². The zero-order chi connectivity index (χ0) is 13.8. The SMILES string of the molecule is CCC(NCC(O)C(F)(F)F)c1ccc(C)cc1. The summed E-state index contributed by atoms with van der Waals surface area (Å²) in [6, 6.07) is 7.43. The molecule has 2 unspecified atom stereocenters. The normalized spacial score (nSPS) is 15.4. The molecule has 1 rings (SSSR count). The standard InChI is InChI=1S/C13H18F3NO/c1-3-11(10-6-4-9(2)5-7-10)17-8-12(18)13(14,15)16/h4-7,11-12,17-18H,3,8H2,1-2H3. The first kappa shape index (κ1) is 15.0. The van der Waals surface area contributed by atoms with E-state index in [2.05, 4.69) is 5.32 Å². The number of hydrogen-bond donors (Lipinski definition) is 2. The molecule has 0 amide bonds. The van der Waals surface area contributed by atoms with E-state index in [1.807, 2.05) is 38.1 Å². The first-order valence-corrected chi connectivity index (χ1v) is 5.89. The van der Waals surface area contributed by atoms with Gasteiger partial charge in [-0.05, 0) is 18.9 Å². The summed E-state index contributed by atoms with van der Waals surface area (Å²) in [7, 11) is 0. The van der Waals surface area contributed by atoms with Crippen LogP contribution in [0.4, 0.5) is 13.2 Å². The molecule has 0 aliphatic rings. The molecule has 1 aromatic rings. The van der Waals surface area contributed by atoms with E-state index in [0.717, 1.165) is 11.1 Å². The van der Waals surface area contributed by atoms with Crippen molar-refractivity contribution < 1.29 is 18.3 Å². The number of alkyl halides is 3. The molecule has 0 aliphatic carbocycles. The highest BCUT2D eigenvalue weighted by molar-refractivity contribution is 5.24. The Morgan fingerprint density at radius 2 is 1.78 bits per heavy atom. The summed E-state index contributed by atoms with van der Waals surface area (Å²) in [6.45, 7) is 3.35. The minimum atomic E-state index is -4.57. The molecule has 0 bridgehead atoms. The lowest BCUT2D eigenvalue weighted by Gasteiger charge is -2.21. The molecule has 0 spiro atoms. The quantitative estimate of drug-likeness (QED) is 0.854. The van der Waals surface area contributed by atoms with Gasteiger partial charge >= 0.3 is 6.18 Å². The summed E-state index contributed by atoms with van der Waals surface area (Å²) in [4.78, 5) is 0. The number of benzene rings is 1. The predicted molar refractivity (Wildman–Crippen MR) is 64.3 cm³/mol. The average molecular weight is 261 g/mol. The van der Waals surface area contributed by atoms with E-state index in [9.17, 15) is 13.2 Å². The van der Waals surface area contributed by atoms with Crippen LogP contribution in [0.15, 0.2) is 24.3 Å². The molecular weight excluding hydrogens is 243 g/mol. The predicted octanol–water partition coefficient (Wildman–Crippen LogP) is 2.96. The Labute approximate surface area is 105 Å². The summed E-state index contributed by atoms with van der Waals surface area (Å²) in [5.41, 5.74) is 2.03. The molecule has 5 heteroatoms. The molecule has 0 saturated heterocycles. The van der Waals surface area contributed by atoms with Gasteiger partial charge in [-0.25, -0.2) is 0 Å². The number of nitrogens with one attached hydrogen (secondary N) is 1. The molecule has 18 heavy (non-hydrogen) atoms.